The molecule has 0 unspecified atom stereocenters. The van der Waals surface area contributed by atoms with Crippen molar-refractivity contribution in [3.63, 3.8) is 0 Å². The summed E-state index contributed by atoms with van der Waals surface area (Å²) < 4.78 is 0. The number of anilines is 1. The van der Waals surface area contributed by atoms with E-state index in [1.165, 1.54) is 0 Å². The first-order valence-electron chi connectivity index (χ1n) is 9.95. The zero-order valence-electron chi connectivity index (χ0n) is 17.1. The highest BCUT2D eigenvalue weighted by atomic mass is 35.5. The molecule has 0 amide bonds. The van der Waals surface area contributed by atoms with Gasteiger partial charge in [-0.2, -0.15) is 5.10 Å². The van der Waals surface area contributed by atoms with Crippen LogP contribution in [0, 0.1) is 6.92 Å². The Morgan fingerprint density at radius 2 is 1.69 bits per heavy atom. The Bertz CT molecular complexity index is 1480. The smallest absolute Gasteiger partial charge is 0.244 e. The van der Waals surface area contributed by atoms with Crippen molar-refractivity contribution in [3.05, 3.63) is 94.1 Å². The summed E-state index contributed by atoms with van der Waals surface area (Å²) in [5.74, 6) is 0.371. The second-order valence-corrected chi connectivity index (χ2v) is 8.15. The molecule has 2 aromatic heterocycles. The van der Waals surface area contributed by atoms with Gasteiger partial charge in [-0.15, -0.1) is 0 Å². The van der Waals surface area contributed by atoms with E-state index >= 15 is 0 Å². The van der Waals surface area contributed by atoms with Crippen LogP contribution in [0.1, 0.15) is 11.1 Å². The summed E-state index contributed by atoms with van der Waals surface area (Å²) in [6.07, 6.45) is 1.62. The predicted octanol–water partition coefficient (Wildman–Crippen LogP) is 6.91. The fraction of sp³-hybridized carbons (Fsp3) is 0.0400. The number of pyridine rings is 1. The highest BCUT2D eigenvalue weighted by molar-refractivity contribution is 6.32. The Labute approximate surface area is 194 Å². The van der Waals surface area contributed by atoms with Crippen LogP contribution in [0.25, 0.3) is 33.1 Å². The molecule has 0 radical (unpaired) electrons. The quantitative estimate of drug-likeness (QED) is 0.181. The van der Waals surface area contributed by atoms with Crippen LogP contribution in [-0.4, -0.2) is 21.2 Å². The lowest BCUT2D eigenvalue weighted by molar-refractivity contribution is 1.16. The number of nitrogens with one attached hydrogen (secondary N) is 1. The molecule has 32 heavy (non-hydrogen) atoms. The lowest BCUT2D eigenvalue weighted by atomic mass is 10.1. The van der Waals surface area contributed by atoms with Gasteiger partial charge in [-0.05, 0) is 42.8 Å². The molecule has 3 aromatic carbocycles. The van der Waals surface area contributed by atoms with Crippen molar-refractivity contribution >= 4 is 57.2 Å². The lowest BCUT2D eigenvalue weighted by Crippen LogP contribution is -2.00. The second-order valence-electron chi connectivity index (χ2n) is 7.36. The van der Waals surface area contributed by atoms with Crippen LogP contribution in [0.5, 0.6) is 0 Å². The minimum absolute atomic E-state index is 0.371. The van der Waals surface area contributed by atoms with Crippen LogP contribution in [0.2, 0.25) is 10.2 Å². The molecule has 156 valence electrons. The van der Waals surface area contributed by atoms with Crippen LogP contribution >= 0.6 is 23.2 Å². The Kier molecular flexibility index (Phi) is 5.43. The molecule has 7 heteroatoms. The largest absolute Gasteiger partial charge is 0.245 e. The number of hydrogen-bond acceptors (Lipinski definition) is 5. The fourth-order valence-electron chi connectivity index (χ4n) is 3.49. The Hall–Kier alpha value is -3.54. The van der Waals surface area contributed by atoms with E-state index in [0.29, 0.717) is 21.7 Å². The molecule has 0 fully saturated rings. The third-order valence-corrected chi connectivity index (χ3v) is 5.56. The van der Waals surface area contributed by atoms with Crippen LogP contribution < -0.4 is 5.43 Å². The molecule has 0 saturated heterocycles. The molecular weight excluding hydrogens is 441 g/mol. The molecule has 5 aromatic rings. The topological polar surface area (TPSA) is 63.1 Å². The standard InChI is InChI=1S/C25H17Cl2N5/c1-15-7-8-17-12-18(24(27)29-22(17)11-15)14-28-32-25-30-21-10-9-19(26)13-20(21)23(31-25)16-5-3-2-4-6-16/h2-14H,1H3,(H,30,31,32)/b28-14+. The van der Waals surface area contributed by atoms with E-state index in [9.17, 15) is 0 Å². The molecule has 2 heterocycles. The van der Waals surface area contributed by atoms with Crippen molar-refractivity contribution in [3.8, 4) is 11.3 Å². The zero-order chi connectivity index (χ0) is 22.1. The fourth-order valence-corrected chi connectivity index (χ4v) is 3.85. The van der Waals surface area contributed by atoms with Gasteiger partial charge in [0, 0.05) is 26.9 Å². The van der Waals surface area contributed by atoms with E-state index in [4.69, 9.17) is 23.2 Å². The molecule has 5 rings (SSSR count). The first kappa shape index (κ1) is 20.4. The van der Waals surface area contributed by atoms with Gasteiger partial charge >= 0.3 is 0 Å². The van der Waals surface area contributed by atoms with E-state index in [2.05, 4.69) is 25.5 Å². The zero-order valence-corrected chi connectivity index (χ0v) is 18.6. The van der Waals surface area contributed by atoms with Crippen molar-refractivity contribution in [2.24, 2.45) is 5.10 Å². The van der Waals surface area contributed by atoms with Crippen LogP contribution in [0.15, 0.2) is 77.9 Å². The Morgan fingerprint density at radius 1 is 0.844 bits per heavy atom. The number of nitrogens with zero attached hydrogens (tertiary/aromatic N) is 4. The summed E-state index contributed by atoms with van der Waals surface area (Å²) in [6.45, 7) is 2.02. The third kappa shape index (κ3) is 4.13. The summed E-state index contributed by atoms with van der Waals surface area (Å²) in [5, 5.41) is 7.18. The maximum Gasteiger partial charge on any atom is 0.244 e. The van der Waals surface area contributed by atoms with E-state index in [0.717, 1.165) is 38.6 Å². The maximum absolute atomic E-state index is 6.36. The average Bonchev–Trinajstić information content (AvgIpc) is 2.80. The SMILES string of the molecule is Cc1ccc2cc(/C=N/Nc3nc(-c4ccccc4)c4cc(Cl)ccc4n3)c(Cl)nc2c1. The molecule has 1 N–H and O–H groups in total. The number of aromatic nitrogens is 3. The van der Waals surface area contributed by atoms with Crippen molar-refractivity contribution in [1.82, 2.24) is 15.0 Å². The molecule has 0 spiro atoms. The highest BCUT2D eigenvalue weighted by Gasteiger charge is 2.10. The van der Waals surface area contributed by atoms with Gasteiger partial charge in [-0.1, -0.05) is 65.7 Å². The molecule has 0 bridgehead atoms. The maximum atomic E-state index is 6.36. The number of rotatable bonds is 4. The number of hydrazone groups is 1. The Balaban J connectivity index is 1.50. The summed E-state index contributed by atoms with van der Waals surface area (Å²) in [5.41, 5.74) is 8.11. The Morgan fingerprint density at radius 3 is 2.53 bits per heavy atom. The first-order chi connectivity index (χ1) is 15.6. The van der Waals surface area contributed by atoms with Crippen LogP contribution in [0.3, 0.4) is 0 Å². The van der Waals surface area contributed by atoms with Crippen LogP contribution in [0.4, 0.5) is 5.95 Å². The third-order valence-electron chi connectivity index (χ3n) is 5.03. The molecule has 0 aliphatic heterocycles. The van der Waals surface area contributed by atoms with E-state index < -0.39 is 0 Å². The molecule has 0 aliphatic rings. The van der Waals surface area contributed by atoms with Gasteiger partial charge in [-0.25, -0.2) is 20.4 Å². The van der Waals surface area contributed by atoms with Gasteiger partial charge in [0.15, 0.2) is 0 Å². The lowest BCUT2D eigenvalue weighted by Gasteiger charge is -2.09. The summed E-state index contributed by atoms with van der Waals surface area (Å²) in [7, 11) is 0. The highest BCUT2D eigenvalue weighted by Crippen LogP contribution is 2.29. The molecular formula is C25H17Cl2N5. The number of halogens is 2. The minimum atomic E-state index is 0.371. The molecule has 5 nitrogen and oxygen atoms in total. The number of fused-ring (bicyclic) bond motifs is 2. The second kappa shape index (κ2) is 8.54. The van der Waals surface area contributed by atoms with Crippen molar-refractivity contribution in [1.29, 1.82) is 0 Å². The van der Waals surface area contributed by atoms with Gasteiger partial charge < -0.3 is 0 Å². The van der Waals surface area contributed by atoms with E-state index in [1.807, 2.05) is 73.7 Å². The monoisotopic (exact) mass is 457 g/mol. The van der Waals surface area contributed by atoms with Crippen molar-refractivity contribution in [2.75, 3.05) is 5.43 Å². The van der Waals surface area contributed by atoms with Crippen molar-refractivity contribution in [2.45, 2.75) is 6.92 Å². The summed E-state index contributed by atoms with van der Waals surface area (Å²) in [4.78, 5) is 13.7. The first-order valence-corrected chi connectivity index (χ1v) is 10.7. The normalized spacial score (nSPS) is 11.5. The summed E-state index contributed by atoms with van der Waals surface area (Å²) in [6, 6.07) is 23.4. The molecule has 0 saturated carbocycles. The van der Waals surface area contributed by atoms with Gasteiger partial charge in [0.2, 0.25) is 5.95 Å². The van der Waals surface area contributed by atoms with E-state index in [1.54, 1.807) is 12.3 Å². The van der Waals surface area contributed by atoms with Crippen LogP contribution in [-0.2, 0) is 0 Å². The average molecular weight is 458 g/mol. The molecule has 0 aliphatic carbocycles. The number of aryl methyl sites for hydroxylation is 1. The summed E-state index contributed by atoms with van der Waals surface area (Å²) >= 11 is 12.6. The van der Waals surface area contributed by atoms with Gasteiger partial charge in [0.05, 0.1) is 22.9 Å². The van der Waals surface area contributed by atoms with Gasteiger partial charge in [-0.3, -0.25) is 0 Å². The molecule has 0 atom stereocenters. The minimum Gasteiger partial charge on any atom is -0.245 e. The number of benzene rings is 3. The van der Waals surface area contributed by atoms with E-state index in [-0.39, 0.29) is 0 Å². The van der Waals surface area contributed by atoms with Gasteiger partial charge in [0.1, 0.15) is 5.15 Å². The van der Waals surface area contributed by atoms with Crippen molar-refractivity contribution < 1.29 is 0 Å². The van der Waals surface area contributed by atoms with Gasteiger partial charge in [0.25, 0.3) is 0 Å². The predicted molar refractivity (Wildman–Crippen MR) is 133 cm³/mol. The number of hydrogen-bond donors (Lipinski definition) is 1.